The first-order chi connectivity index (χ1) is 10.8. The van der Waals surface area contributed by atoms with Gasteiger partial charge in [-0.05, 0) is 31.4 Å². The minimum Gasteiger partial charge on any atom is -0.497 e. The minimum absolute atomic E-state index is 0.0503. The summed E-state index contributed by atoms with van der Waals surface area (Å²) < 4.78 is 11.0. The zero-order chi connectivity index (χ0) is 15.4. The van der Waals surface area contributed by atoms with Gasteiger partial charge in [0.15, 0.2) is 0 Å². The van der Waals surface area contributed by atoms with Crippen LogP contribution in [0.3, 0.4) is 0 Å². The lowest BCUT2D eigenvalue weighted by Gasteiger charge is -2.37. The molecule has 2 atom stereocenters. The van der Waals surface area contributed by atoms with Crippen molar-refractivity contribution >= 4 is 11.6 Å². The van der Waals surface area contributed by atoms with Crippen molar-refractivity contribution in [1.29, 1.82) is 0 Å². The molecule has 0 bridgehead atoms. The number of methoxy groups -OCH3 is 1. The molecule has 0 spiro atoms. The maximum absolute atomic E-state index is 12.1. The summed E-state index contributed by atoms with van der Waals surface area (Å²) >= 11 is 0. The number of fused-ring (bicyclic) bond motifs is 1. The maximum atomic E-state index is 12.1. The molecule has 1 aromatic carbocycles. The van der Waals surface area contributed by atoms with Crippen molar-refractivity contribution in [3.8, 4) is 5.75 Å². The maximum Gasteiger partial charge on any atom is 0.225 e. The highest BCUT2D eigenvalue weighted by molar-refractivity contribution is 5.91. The van der Waals surface area contributed by atoms with Gasteiger partial charge in [-0.3, -0.25) is 9.69 Å². The van der Waals surface area contributed by atoms with Crippen LogP contribution in [0, 0.1) is 0 Å². The lowest BCUT2D eigenvalue weighted by atomic mass is 10.1. The van der Waals surface area contributed by atoms with Gasteiger partial charge in [0, 0.05) is 37.3 Å². The molecule has 1 aromatic rings. The van der Waals surface area contributed by atoms with E-state index in [9.17, 15) is 4.79 Å². The third kappa shape index (κ3) is 3.59. The Labute approximate surface area is 131 Å². The average Bonchev–Trinajstić information content (AvgIpc) is 3.02. The zero-order valence-electron chi connectivity index (χ0n) is 13.1. The molecule has 1 saturated heterocycles. The van der Waals surface area contributed by atoms with Crippen molar-refractivity contribution < 1.29 is 14.3 Å². The second-order valence-electron chi connectivity index (χ2n) is 5.97. The van der Waals surface area contributed by atoms with Crippen LogP contribution < -0.4 is 10.1 Å². The molecule has 0 radical (unpaired) electrons. The minimum atomic E-state index is 0.0503. The van der Waals surface area contributed by atoms with Crippen LogP contribution in [0.15, 0.2) is 24.3 Å². The monoisotopic (exact) mass is 304 g/mol. The van der Waals surface area contributed by atoms with Crippen molar-refractivity contribution in [3.63, 3.8) is 0 Å². The van der Waals surface area contributed by atoms with Crippen LogP contribution in [0.4, 0.5) is 5.69 Å². The number of ether oxygens (including phenoxy) is 2. The van der Waals surface area contributed by atoms with Gasteiger partial charge in [0.1, 0.15) is 5.75 Å². The number of anilines is 1. The van der Waals surface area contributed by atoms with Gasteiger partial charge in [-0.15, -0.1) is 0 Å². The first kappa shape index (κ1) is 15.3. The van der Waals surface area contributed by atoms with Crippen LogP contribution in [0.1, 0.15) is 25.7 Å². The molecule has 1 aliphatic carbocycles. The van der Waals surface area contributed by atoms with E-state index in [1.54, 1.807) is 7.11 Å². The van der Waals surface area contributed by atoms with E-state index in [0.29, 0.717) is 18.6 Å². The van der Waals surface area contributed by atoms with E-state index >= 15 is 0 Å². The van der Waals surface area contributed by atoms with Gasteiger partial charge < -0.3 is 14.8 Å². The Kier molecular flexibility index (Phi) is 4.95. The first-order valence-electron chi connectivity index (χ1n) is 8.06. The highest BCUT2D eigenvalue weighted by Crippen LogP contribution is 2.29. The molecule has 22 heavy (non-hydrogen) atoms. The quantitative estimate of drug-likeness (QED) is 0.907. The van der Waals surface area contributed by atoms with Crippen LogP contribution >= 0.6 is 0 Å². The Bertz CT molecular complexity index is 520. The van der Waals surface area contributed by atoms with Crippen LogP contribution in [0.5, 0.6) is 5.75 Å². The third-order valence-corrected chi connectivity index (χ3v) is 4.58. The number of amides is 1. The summed E-state index contributed by atoms with van der Waals surface area (Å²) in [4.78, 5) is 14.6. The molecule has 1 N–H and O–H groups in total. The normalized spacial score (nSPS) is 24.8. The van der Waals surface area contributed by atoms with Crippen LogP contribution in [0.25, 0.3) is 0 Å². The number of carbonyl (C=O) groups is 1. The van der Waals surface area contributed by atoms with E-state index in [2.05, 4.69) is 10.2 Å². The van der Waals surface area contributed by atoms with Gasteiger partial charge in [0.05, 0.1) is 19.8 Å². The van der Waals surface area contributed by atoms with E-state index in [0.717, 1.165) is 37.6 Å². The summed E-state index contributed by atoms with van der Waals surface area (Å²) in [5.74, 6) is 0.800. The molecule has 1 heterocycles. The van der Waals surface area contributed by atoms with Gasteiger partial charge in [-0.2, -0.15) is 0 Å². The largest absolute Gasteiger partial charge is 0.497 e. The highest BCUT2D eigenvalue weighted by Gasteiger charge is 2.35. The van der Waals surface area contributed by atoms with E-state index in [4.69, 9.17) is 9.47 Å². The summed E-state index contributed by atoms with van der Waals surface area (Å²) in [6.45, 7) is 2.53. The number of carbonyl (C=O) groups excluding carboxylic acids is 1. The highest BCUT2D eigenvalue weighted by atomic mass is 16.5. The first-order valence-corrected chi connectivity index (χ1v) is 8.06. The number of nitrogens with one attached hydrogen (secondary N) is 1. The molecular formula is C17H24N2O3. The van der Waals surface area contributed by atoms with Gasteiger partial charge >= 0.3 is 0 Å². The molecule has 1 aliphatic heterocycles. The Hall–Kier alpha value is -1.59. The fraction of sp³-hybridized carbons (Fsp3) is 0.588. The molecule has 120 valence electrons. The summed E-state index contributed by atoms with van der Waals surface area (Å²) in [6.07, 6.45) is 4.50. The van der Waals surface area contributed by atoms with Crippen molar-refractivity contribution in [2.45, 2.75) is 37.8 Å². The molecule has 5 heteroatoms. The lowest BCUT2D eigenvalue weighted by molar-refractivity contribution is -0.117. The fourth-order valence-electron chi connectivity index (χ4n) is 3.45. The van der Waals surface area contributed by atoms with Gasteiger partial charge in [-0.25, -0.2) is 0 Å². The van der Waals surface area contributed by atoms with E-state index in [-0.39, 0.29) is 5.91 Å². The number of hydrogen-bond donors (Lipinski definition) is 1. The Morgan fingerprint density at radius 3 is 3.23 bits per heavy atom. The van der Waals surface area contributed by atoms with Crippen molar-refractivity contribution in [2.75, 3.05) is 32.1 Å². The SMILES string of the molecule is COc1cccc(NC(=O)CCN2CCO[C@@H]3CCC[C@H]32)c1. The summed E-state index contributed by atoms with van der Waals surface area (Å²) in [5, 5.41) is 2.94. The number of benzene rings is 1. The second-order valence-corrected chi connectivity index (χ2v) is 5.97. The van der Waals surface area contributed by atoms with Crippen LogP contribution in [0.2, 0.25) is 0 Å². The zero-order valence-corrected chi connectivity index (χ0v) is 13.1. The van der Waals surface area contributed by atoms with Crippen molar-refractivity contribution in [2.24, 2.45) is 0 Å². The van der Waals surface area contributed by atoms with Gasteiger partial charge in [-0.1, -0.05) is 6.07 Å². The number of nitrogens with zero attached hydrogens (tertiary/aromatic N) is 1. The molecule has 2 fully saturated rings. The van der Waals surface area contributed by atoms with E-state index < -0.39 is 0 Å². The average molecular weight is 304 g/mol. The summed E-state index contributed by atoms with van der Waals surface area (Å²) in [6, 6.07) is 7.96. The van der Waals surface area contributed by atoms with Crippen LogP contribution in [-0.4, -0.2) is 49.8 Å². The number of rotatable bonds is 5. The van der Waals surface area contributed by atoms with Crippen LogP contribution in [-0.2, 0) is 9.53 Å². The molecule has 0 aromatic heterocycles. The predicted octanol–water partition coefficient (Wildman–Crippen LogP) is 2.28. The van der Waals surface area contributed by atoms with E-state index in [1.807, 2.05) is 24.3 Å². The van der Waals surface area contributed by atoms with Gasteiger partial charge in [0.25, 0.3) is 0 Å². The molecule has 5 nitrogen and oxygen atoms in total. The standard InChI is InChI=1S/C17H24N2O3/c1-21-14-5-2-4-13(12-14)18-17(20)8-9-19-10-11-22-16-7-3-6-15(16)19/h2,4-5,12,15-16H,3,6-11H2,1H3,(H,18,20)/t15-,16-/m1/s1. The number of hydrogen-bond acceptors (Lipinski definition) is 4. The molecule has 3 rings (SSSR count). The van der Waals surface area contributed by atoms with Crippen molar-refractivity contribution in [1.82, 2.24) is 4.90 Å². The summed E-state index contributed by atoms with van der Waals surface area (Å²) in [7, 11) is 1.62. The Balaban J connectivity index is 1.49. The molecular weight excluding hydrogens is 280 g/mol. The smallest absolute Gasteiger partial charge is 0.225 e. The van der Waals surface area contributed by atoms with Crippen molar-refractivity contribution in [3.05, 3.63) is 24.3 Å². The fourth-order valence-corrected chi connectivity index (χ4v) is 3.45. The van der Waals surface area contributed by atoms with Gasteiger partial charge in [0.2, 0.25) is 5.91 Å². The molecule has 1 amide bonds. The lowest BCUT2D eigenvalue weighted by Crippen LogP contribution is -2.49. The third-order valence-electron chi connectivity index (χ3n) is 4.58. The Morgan fingerprint density at radius 1 is 1.45 bits per heavy atom. The summed E-state index contributed by atoms with van der Waals surface area (Å²) in [5.41, 5.74) is 0.782. The molecule has 0 unspecified atom stereocenters. The van der Waals surface area contributed by atoms with E-state index in [1.165, 1.54) is 12.8 Å². The molecule has 1 saturated carbocycles. The second kappa shape index (κ2) is 7.11. The molecule has 2 aliphatic rings. The predicted molar refractivity (Wildman–Crippen MR) is 85.2 cm³/mol. The number of morpholine rings is 1. The topological polar surface area (TPSA) is 50.8 Å². The Morgan fingerprint density at radius 2 is 2.36 bits per heavy atom.